The first-order valence-corrected chi connectivity index (χ1v) is 6.22. The summed E-state index contributed by atoms with van der Waals surface area (Å²) in [4.78, 5) is 2.00. The van der Waals surface area contributed by atoms with Crippen molar-refractivity contribution in [3.8, 4) is 0 Å². The Bertz CT molecular complexity index is 598. The maximum Gasteiger partial charge on any atom is 0.490 e. The summed E-state index contributed by atoms with van der Waals surface area (Å²) >= 11 is 0. The lowest BCUT2D eigenvalue weighted by Gasteiger charge is -2.11. The molecule has 20 heavy (non-hydrogen) atoms. The van der Waals surface area contributed by atoms with Gasteiger partial charge in [-0.2, -0.15) is 10.2 Å². The third-order valence-electron chi connectivity index (χ3n) is 2.85. The van der Waals surface area contributed by atoms with E-state index in [9.17, 15) is 10.0 Å². The van der Waals surface area contributed by atoms with Gasteiger partial charge in [0.25, 0.3) is 0 Å². The molecular weight excluding hydrogens is 253 g/mol. The SMILES string of the molecule is CN(C)c1ccc(N=Nc2ccccc2B(O)O)cc1. The number of nitrogens with zero attached hydrogens (tertiary/aromatic N) is 3. The molecule has 0 radical (unpaired) electrons. The van der Waals surface area contributed by atoms with E-state index in [-0.39, 0.29) is 0 Å². The molecule has 0 unspecified atom stereocenters. The summed E-state index contributed by atoms with van der Waals surface area (Å²) in [6.45, 7) is 0. The summed E-state index contributed by atoms with van der Waals surface area (Å²) in [6, 6.07) is 14.4. The maximum atomic E-state index is 9.25. The number of hydrogen-bond donors (Lipinski definition) is 2. The lowest BCUT2D eigenvalue weighted by atomic mass is 9.79. The first-order valence-electron chi connectivity index (χ1n) is 6.22. The Labute approximate surface area is 118 Å². The third kappa shape index (κ3) is 3.43. The van der Waals surface area contributed by atoms with Crippen molar-refractivity contribution >= 4 is 29.6 Å². The average molecular weight is 269 g/mol. The van der Waals surface area contributed by atoms with Crippen LogP contribution in [-0.4, -0.2) is 31.3 Å². The van der Waals surface area contributed by atoms with Crippen LogP contribution >= 0.6 is 0 Å². The van der Waals surface area contributed by atoms with Crippen LogP contribution in [0.1, 0.15) is 0 Å². The Morgan fingerprint density at radius 3 is 2.15 bits per heavy atom. The van der Waals surface area contributed by atoms with Gasteiger partial charge in [0.2, 0.25) is 0 Å². The Balaban J connectivity index is 2.21. The van der Waals surface area contributed by atoms with Gasteiger partial charge in [-0.15, -0.1) is 0 Å². The van der Waals surface area contributed by atoms with Gasteiger partial charge >= 0.3 is 7.12 Å². The highest BCUT2D eigenvalue weighted by Crippen LogP contribution is 2.20. The monoisotopic (exact) mass is 269 g/mol. The molecule has 0 saturated carbocycles. The standard InChI is InChI=1S/C14H16BN3O2/c1-18(2)12-9-7-11(8-10-12)16-17-14-6-4-3-5-13(14)15(19)20/h3-10,19-20H,1-2H3. The lowest BCUT2D eigenvalue weighted by molar-refractivity contribution is 0.426. The summed E-state index contributed by atoms with van der Waals surface area (Å²) in [5, 5.41) is 26.7. The van der Waals surface area contributed by atoms with Crippen molar-refractivity contribution in [2.75, 3.05) is 19.0 Å². The van der Waals surface area contributed by atoms with Gasteiger partial charge in [0.1, 0.15) is 0 Å². The highest BCUT2D eigenvalue weighted by Gasteiger charge is 2.14. The van der Waals surface area contributed by atoms with E-state index in [2.05, 4.69) is 10.2 Å². The molecule has 102 valence electrons. The van der Waals surface area contributed by atoms with Crippen LogP contribution in [0.25, 0.3) is 0 Å². The van der Waals surface area contributed by atoms with Crippen molar-refractivity contribution in [1.29, 1.82) is 0 Å². The lowest BCUT2D eigenvalue weighted by Crippen LogP contribution is -2.29. The molecule has 2 N–H and O–H groups in total. The second kappa shape index (κ2) is 6.32. The first kappa shape index (κ1) is 14.2. The number of rotatable bonds is 4. The molecule has 2 aromatic rings. The third-order valence-corrected chi connectivity index (χ3v) is 2.85. The molecule has 0 heterocycles. The van der Waals surface area contributed by atoms with Crippen molar-refractivity contribution in [3.05, 3.63) is 48.5 Å². The summed E-state index contributed by atoms with van der Waals surface area (Å²) in [5.41, 5.74) is 2.56. The molecule has 0 atom stereocenters. The van der Waals surface area contributed by atoms with Crippen molar-refractivity contribution in [2.24, 2.45) is 10.2 Å². The van der Waals surface area contributed by atoms with Gasteiger partial charge in [-0.3, -0.25) is 0 Å². The van der Waals surface area contributed by atoms with Crippen LogP contribution in [0.4, 0.5) is 17.1 Å². The van der Waals surface area contributed by atoms with Crippen LogP contribution in [0.3, 0.4) is 0 Å². The van der Waals surface area contributed by atoms with Gasteiger partial charge in [0.15, 0.2) is 0 Å². The molecule has 0 aromatic heterocycles. The molecular formula is C14H16BN3O2. The summed E-state index contributed by atoms with van der Waals surface area (Å²) in [6.07, 6.45) is 0. The van der Waals surface area contributed by atoms with Gasteiger partial charge in [-0.25, -0.2) is 0 Å². The average Bonchev–Trinajstić information content (AvgIpc) is 2.45. The zero-order valence-corrected chi connectivity index (χ0v) is 11.4. The fourth-order valence-electron chi connectivity index (χ4n) is 1.73. The van der Waals surface area contributed by atoms with E-state index < -0.39 is 7.12 Å². The number of hydrogen-bond acceptors (Lipinski definition) is 5. The van der Waals surface area contributed by atoms with Gasteiger partial charge < -0.3 is 14.9 Å². The minimum Gasteiger partial charge on any atom is -0.423 e. The fraction of sp³-hybridized carbons (Fsp3) is 0.143. The Morgan fingerprint density at radius 2 is 1.55 bits per heavy atom. The van der Waals surface area contributed by atoms with Crippen LogP contribution in [0.5, 0.6) is 0 Å². The fourth-order valence-corrected chi connectivity index (χ4v) is 1.73. The predicted octanol–water partition coefficient (Wildman–Crippen LogP) is 1.85. The Hall–Kier alpha value is -2.18. The molecule has 0 spiro atoms. The van der Waals surface area contributed by atoms with E-state index in [1.54, 1.807) is 24.3 Å². The number of anilines is 1. The smallest absolute Gasteiger partial charge is 0.423 e. The summed E-state index contributed by atoms with van der Waals surface area (Å²) in [7, 11) is 2.38. The molecule has 5 nitrogen and oxygen atoms in total. The Kier molecular flexibility index (Phi) is 4.50. The normalized spacial score (nSPS) is 10.8. The zero-order valence-electron chi connectivity index (χ0n) is 11.4. The van der Waals surface area contributed by atoms with Gasteiger partial charge in [0.05, 0.1) is 11.4 Å². The summed E-state index contributed by atoms with van der Waals surface area (Å²) < 4.78 is 0. The van der Waals surface area contributed by atoms with E-state index in [0.29, 0.717) is 16.8 Å². The molecule has 0 aliphatic carbocycles. The van der Waals surface area contributed by atoms with Crippen LogP contribution in [-0.2, 0) is 0 Å². The Morgan fingerprint density at radius 1 is 0.900 bits per heavy atom. The summed E-state index contributed by atoms with van der Waals surface area (Å²) in [5.74, 6) is 0. The molecule has 0 bridgehead atoms. The highest BCUT2D eigenvalue weighted by atomic mass is 16.4. The van der Waals surface area contributed by atoms with E-state index in [0.717, 1.165) is 5.69 Å². The zero-order chi connectivity index (χ0) is 14.5. The molecule has 2 rings (SSSR count). The van der Waals surface area contributed by atoms with Gasteiger partial charge in [-0.1, -0.05) is 18.2 Å². The van der Waals surface area contributed by atoms with E-state index >= 15 is 0 Å². The molecule has 0 fully saturated rings. The van der Waals surface area contributed by atoms with Crippen LogP contribution in [0.15, 0.2) is 58.8 Å². The molecule has 6 heteroatoms. The predicted molar refractivity (Wildman–Crippen MR) is 81.2 cm³/mol. The van der Waals surface area contributed by atoms with E-state index in [4.69, 9.17) is 0 Å². The quantitative estimate of drug-likeness (QED) is 0.657. The van der Waals surface area contributed by atoms with Crippen molar-refractivity contribution in [3.63, 3.8) is 0 Å². The van der Waals surface area contributed by atoms with E-state index in [1.807, 2.05) is 43.3 Å². The minimum absolute atomic E-state index is 0.334. The second-order valence-corrected chi connectivity index (χ2v) is 4.54. The number of azo groups is 1. The topological polar surface area (TPSA) is 68.4 Å². The van der Waals surface area contributed by atoms with Crippen LogP contribution in [0, 0.1) is 0 Å². The molecule has 2 aromatic carbocycles. The van der Waals surface area contributed by atoms with Crippen molar-refractivity contribution in [1.82, 2.24) is 0 Å². The van der Waals surface area contributed by atoms with Gasteiger partial charge in [-0.05, 0) is 30.3 Å². The number of benzene rings is 2. The van der Waals surface area contributed by atoms with Crippen LogP contribution < -0.4 is 10.4 Å². The highest BCUT2D eigenvalue weighted by molar-refractivity contribution is 6.60. The molecule has 0 saturated heterocycles. The van der Waals surface area contributed by atoms with E-state index in [1.165, 1.54) is 0 Å². The van der Waals surface area contributed by atoms with Crippen molar-refractivity contribution < 1.29 is 10.0 Å². The molecule has 0 amide bonds. The van der Waals surface area contributed by atoms with Gasteiger partial charge in [0, 0.05) is 25.2 Å². The minimum atomic E-state index is -1.55. The maximum absolute atomic E-state index is 9.25. The van der Waals surface area contributed by atoms with Crippen molar-refractivity contribution in [2.45, 2.75) is 0 Å². The largest absolute Gasteiger partial charge is 0.490 e. The molecule has 0 aliphatic heterocycles. The second-order valence-electron chi connectivity index (χ2n) is 4.54. The molecule has 0 aliphatic rings. The first-order chi connectivity index (χ1) is 9.58. The van der Waals surface area contributed by atoms with Crippen LogP contribution in [0.2, 0.25) is 0 Å².